The van der Waals surface area contributed by atoms with Gasteiger partial charge in [0.2, 0.25) is 11.8 Å². The molecule has 0 radical (unpaired) electrons. The minimum Gasteiger partial charge on any atom is -0.353 e. The topological polar surface area (TPSA) is 61.4 Å². The van der Waals surface area contributed by atoms with Gasteiger partial charge in [-0.1, -0.05) is 0 Å². The van der Waals surface area contributed by atoms with E-state index in [4.69, 9.17) is 0 Å². The number of carbonyl (C=O) groups is 2. The van der Waals surface area contributed by atoms with Crippen molar-refractivity contribution in [2.45, 2.75) is 45.1 Å². The molecule has 2 rings (SSSR count). The monoisotopic (exact) mass is 267 g/mol. The minimum atomic E-state index is 0.0260. The molecule has 5 nitrogen and oxygen atoms in total. The first-order valence-corrected chi connectivity index (χ1v) is 7.40. The summed E-state index contributed by atoms with van der Waals surface area (Å²) >= 11 is 0. The molecular weight excluding hydrogens is 242 g/mol. The van der Waals surface area contributed by atoms with Gasteiger partial charge in [0.15, 0.2) is 0 Å². The van der Waals surface area contributed by atoms with Gasteiger partial charge in [0.05, 0.1) is 0 Å². The molecule has 0 saturated carbocycles. The lowest BCUT2D eigenvalue weighted by atomic mass is 9.95. The Balaban J connectivity index is 1.71. The van der Waals surface area contributed by atoms with Crippen LogP contribution >= 0.6 is 0 Å². The minimum absolute atomic E-state index is 0.0260. The highest BCUT2D eigenvalue weighted by atomic mass is 16.2. The highest BCUT2D eigenvalue weighted by molar-refractivity contribution is 5.76. The van der Waals surface area contributed by atoms with Crippen LogP contribution in [0.1, 0.15) is 39.0 Å². The van der Waals surface area contributed by atoms with E-state index in [2.05, 4.69) is 10.6 Å². The molecule has 0 aliphatic carbocycles. The lowest BCUT2D eigenvalue weighted by Gasteiger charge is -2.33. The summed E-state index contributed by atoms with van der Waals surface area (Å²) < 4.78 is 0. The Morgan fingerprint density at radius 3 is 2.58 bits per heavy atom. The highest BCUT2D eigenvalue weighted by Crippen LogP contribution is 2.18. The van der Waals surface area contributed by atoms with Crippen LogP contribution in [0.25, 0.3) is 0 Å². The maximum Gasteiger partial charge on any atom is 0.222 e. The van der Waals surface area contributed by atoms with Gasteiger partial charge >= 0.3 is 0 Å². The van der Waals surface area contributed by atoms with Crippen LogP contribution in [-0.4, -0.2) is 48.9 Å². The number of piperidine rings is 2. The van der Waals surface area contributed by atoms with E-state index in [1.807, 2.05) is 4.90 Å². The van der Waals surface area contributed by atoms with Crippen LogP contribution in [-0.2, 0) is 9.59 Å². The molecule has 2 fully saturated rings. The molecule has 1 atom stereocenters. The molecule has 1 unspecified atom stereocenters. The molecule has 2 saturated heterocycles. The van der Waals surface area contributed by atoms with Crippen molar-refractivity contribution < 1.29 is 9.59 Å². The standard InChI is InChI=1S/C14H25N3O2/c1-11(18)16-13-4-7-17(8-5-13)14(19)9-12-3-2-6-15-10-12/h12-13,15H,2-10H2,1H3,(H,16,18). The van der Waals surface area contributed by atoms with Crippen LogP contribution in [0.5, 0.6) is 0 Å². The number of carbonyl (C=O) groups excluding carboxylic acids is 2. The van der Waals surface area contributed by atoms with E-state index in [0.717, 1.165) is 39.0 Å². The average Bonchev–Trinajstić information content (AvgIpc) is 2.40. The Labute approximate surface area is 115 Å². The summed E-state index contributed by atoms with van der Waals surface area (Å²) in [6, 6.07) is 0.248. The third-order valence-corrected chi connectivity index (χ3v) is 4.12. The zero-order valence-electron chi connectivity index (χ0n) is 11.8. The van der Waals surface area contributed by atoms with Crippen molar-refractivity contribution in [1.82, 2.24) is 15.5 Å². The Morgan fingerprint density at radius 1 is 1.26 bits per heavy atom. The first-order chi connectivity index (χ1) is 9.15. The Bertz CT molecular complexity index is 319. The van der Waals surface area contributed by atoms with Crippen LogP contribution in [0.3, 0.4) is 0 Å². The van der Waals surface area contributed by atoms with Crippen LogP contribution < -0.4 is 10.6 Å². The molecule has 0 spiro atoms. The number of likely N-dealkylation sites (tertiary alicyclic amines) is 1. The number of rotatable bonds is 3. The van der Waals surface area contributed by atoms with E-state index in [9.17, 15) is 9.59 Å². The average molecular weight is 267 g/mol. The molecule has 2 aliphatic heterocycles. The molecular formula is C14H25N3O2. The molecule has 0 bridgehead atoms. The fraction of sp³-hybridized carbons (Fsp3) is 0.857. The lowest BCUT2D eigenvalue weighted by molar-refractivity contribution is -0.133. The molecule has 0 aromatic heterocycles. The van der Waals surface area contributed by atoms with Gasteiger partial charge in [0, 0.05) is 32.5 Å². The van der Waals surface area contributed by atoms with Gasteiger partial charge in [-0.3, -0.25) is 9.59 Å². The van der Waals surface area contributed by atoms with Gasteiger partial charge < -0.3 is 15.5 Å². The molecule has 19 heavy (non-hydrogen) atoms. The second-order valence-corrected chi connectivity index (χ2v) is 5.77. The molecule has 2 N–H and O–H groups in total. The van der Waals surface area contributed by atoms with Crippen molar-refractivity contribution in [2.75, 3.05) is 26.2 Å². The van der Waals surface area contributed by atoms with E-state index in [1.165, 1.54) is 12.8 Å². The fourth-order valence-electron chi connectivity index (χ4n) is 3.03. The fourth-order valence-corrected chi connectivity index (χ4v) is 3.03. The van der Waals surface area contributed by atoms with Gasteiger partial charge in [0.1, 0.15) is 0 Å². The van der Waals surface area contributed by atoms with Gasteiger partial charge in [0.25, 0.3) is 0 Å². The Hall–Kier alpha value is -1.10. The Kier molecular flexibility index (Phi) is 5.19. The number of amides is 2. The summed E-state index contributed by atoms with van der Waals surface area (Å²) in [6.45, 7) is 5.18. The molecule has 2 aliphatic rings. The number of nitrogens with zero attached hydrogens (tertiary/aromatic N) is 1. The van der Waals surface area contributed by atoms with Crippen LogP contribution in [0.15, 0.2) is 0 Å². The summed E-state index contributed by atoms with van der Waals surface area (Å²) in [4.78, 5) is 25.2. The van der Waals surface area contributed by atoms with Crippen molar-refractivity contribution in [3.05, 3.63) is 0 Å². The predicted octanol–water partition coefficient (Wildman–Crippen LogP) is 0.503. The highest BCUT2D eigenvalue weighted by Gasteiger charge is 2.25. The van der Waals surface area contributed by atoms with E-state index in [1.54, 1.807) is 6.92 Å². The van der Waals surface area contributed by atoms with E-state index in [-0.39, 0.29) is 17.9 Å². The molecule has 5 heteroatoms. The van der Waals surface area contributed by atoms with Crippen LogP contribution in [0.2, 0.25) is 0 Å². The first-order valence-electron chi connectivity index (χ1n) is 7.40. The summed E-state index contributed by atoms with van der Waals surface area (Å²) in [7, 11) is 0. The van der Waals surface area contributed by atoms with Crippen molar-refractivity contribution in [1.29, 1.82) is 0 Å². The van der Waals surface area contributed by atoms with Crippen LogP contribution in [0.4, 0.5) is 0 Å². The summed E-state index contributed by atoms with van der Waals surface area (Å²) in [5.74, 6) is 0.822. The largest absolute Gasteiger partial charge is 0.353 e. The van der Waals surface area contributed by atoms with Gasteiger partial charge in [-0.2, -0.15) is 0 Å². The smallest absolute Gasteiger partial charge is 0.222 e. The van der Waals surface area contributed by atoms with Gasteiger partial charge in [-0.15, -0.1) is 0 Å². The van der Waals surface area contributed by atoms with Crippen molar-refractivity contribution in [3.63, 3.8) is 0 Å². The quantitative estimate of drug-likeness (QED) is 0.783. The Morgan fingerprint density at radius 2 is 2.00 bits per heavy atom. The van der Waals surface area contributed by atoms with Gasteiger partial charge in [-0.25, -0.2) is 0 Å². The van der Waals surface area contributed by atoms with Crippen molar-refractivity contribution in [3.8, 4) is 0 Å². The molecule has 108 valence electrons. The summed E-state index contributed by atoms with van der Waals surface area (Å²) in [6.07, 6.45) is 4.80. The second kappa shape index (κ2) is 6.89. The summed E-state index contributed by atoms with van der Waals surface area (Å²) in [5, 5.41) is 6.29. The van der Waals surface area contributed by atoms with Crippen LogP contribution in [0, 0.1) is 5.92 Å². The molecule has 0 aromatic carbocycles. The zero-order chi connectivity index (χ0) is 13.7. The third-order valence-electron chi connectivity index (χ3n) is 4.12. The molecule has 2 heterocycles. The lowest BCUT2D eigenvalue weighted by Crippen LogP contribution is -2.46. The third kappa shape index (κ3) is 4.49. The number of nitrogens with one attached hydrogen (secondary N) is 2. The second-order valence-electron chi connectivity index (χ2n) is 5.77. The zero-order valence-corrected chi connectivity index (χ0v) is 11.8. The van der Waals surface area contributed by atoms with E-state index < -0.39 is 0 Å². The number of hydrogen-bond donors (Lipinski definition) is 2. The van der Waals surface area contributed by atoms with E-state index in [0.29, 0.717) is 12.3 Å². The van der Waals surface area contributed by atoms with Crippen molar-refractivity contribution in [2.24, 2.45) is 5.92 Å². The maximum absolute atomic E-state index is 12.2. The number of hydrogen-bond acceptors (Lipinski definition) is 3. The van der Waals surface area contributed by atoms with Gasteiger partial charge in [-0.05, 0) is 44.7 Å². The first kappa shape index (κ1) is 14.3. The van der Waals surface area contributed by atoms with Crippen molar-refractivity contribution >= 4 is 11.8 Å². The summed E-state index contributed by atoms with van der Waals surface area (Å²) in [5.41, 5.74) is 0. The normalized spacial score (nSPS) is 25.1. The molecule has 2 amide bonds. The van der Waals surface area contributed by atoms with E-state index >= 15 is 0 Å². The predicted molar refractivity (Wildman–Crippen MR) is 73.6 cm³/mol. The molecule has 0 aromatic rings. The maximum atomic E-state index is 12.2. The SMILES string of the molecule is CC(=O)NC1CCN(C(=O)CC2CCCNC2)CC1.